The Kier molecular flexibility index (Phi) is 3.78. The van der Waals surface area contributed by atoms with Crippen LogP contribution in [0.1, 0.15) is 17.4 Å². The van der Waals surface area contributed by atoms with Gasteiger partial charge in [0.15, 0.2) is 6.23 Å². The molecule has 0 spiro atoms. The summed E-state index contributed by atoms with van der Waals surface area (Å²) < 4.78 is 5.78. The van der Waals surface area contributed by atoms with Crippen molar-refractivity contribution in [3.63, 3.8) is 0 Å². The van der Waals surface area contributed by atoms with Crippen LogP contribution in [0.15, 0.2) is 60.7 Å². The minimum Gasteiger partial charge on any atom is -0.351 e. The van der Waals surface area contributed by atoms with E-state index in [0.717, 1.165) is 11.1 Å². The maximum absolute atomic E-state index is 12.8. The van der Waals surface area contributed by atoms with Gasteiger partial charge in [-0.3, -0.25) is 14.5 Å². The molecule has 2 fully saturated rings. The Bertz CT molecular complexity index is 748. The van der Waals surface area contributed by atoms with E-state index in [2.05, 4.69) is 0 Å². The molecule has 2 aliphatic rings. The van der Waals surface area contributed by atoms with Gasteiger partial charge in [-0.1, -0.05) is 60.7 Å². The zero-order valence-electron chi connectivity index (χ0n) is 13.2. The molecule has 2 atom stereocenters. The topological polar surface area (TPSA) is 49.9 Å². The van der Waals surface area contributed by atoms with Crippen LogP contribution in [0.4, 0.5) is 0 Å². The molecule has 2 aromatic rings. The van der Waals surface area contributed by atoms with Crippen molar-refractivity contribution in [2.45, 2.75) is 18.8 Å². The van der Waals surface area contributed by atoms with Gasteiger partial charge in [-0.25, -0.2) is 0 Å². The second-order valence-electron chi connectivity index (χ2n) is 6.09. The SMILES string of the molecule is O=C1[C@@H]2CO[C@H](c3ccccc3)N2C(=O)CN1Cc1ccccc1. The number of rotatable bonds is 3. The minimum atomic E-state index is -0.528. The first-order valence-electron chi connectivity index (χ1n) is 8.04. The van der Waals surface area contributed by atoms with Gasteiger partial charge >= 0.3 is 0 Å². The van der Waals surface area contributed by atoms with Crippen LogP contribution in [0, 0.1) is 0 Å². The van der Waals surface area contributed by atoms with Crippen molar-refractivity contribution in [2.75, 3.05) is 13.2 Å². The number of carbonyl (C=O) groups is 2. The molecule has 2 amide bonds. The molecule has 0 radical (unpaired) electrons. The number of amides is 2. The van der Waals surface area contributed by atoms with E-state index in [1.54, 1.807) is 9.80 Å². The average molecular weight is 322 g/mol. The van der Waals surface area contributed by atoms with Gasteiger partial charge in [0, 0.05) is 12.1 Å². The zero-order valence-corrected chi connectivity index (χ0v) is 13.2. The first kappa shape index (κ1) is 14.9. The van der Waals surface area contributed by atoms with E-state index in [9.17, 15) is 9.59 Å². The average Bonchev–Trinajstić information content (AvgIpc) is 3.07. The highest BCUT2D eigenvalue weighted by atomic mass is 16.5. The fourth-order valence-corrected chi connectivity index (χ4v) is 3.35. The Hall–Kier alpha value is -2.66. The Morgan fingerprint density at radius 3 is 2.33 bits per heavy atom. The summed E-state index contributed by atoms with van der Waals surface area (Å²) in [7, 11) is 0. The van der Waals surface area contributed by atoms with E-state index >= 15 is 0 Å². The van der Waals surface area contributed by atoms with Gasteiger partial charge in [0.1, 0.15) is 12.6 Å². The molecule has 2 saturated heterocycles. The van der Waals surface area contributed by atoms with Gasteiger partial charge in [-0.05, 0) is 5.56 Å². The van der Waals surface area contributed by atoms with E-state index in [1.807, 2.05) is 60.7 Å². The van der Waals surface area contributed by atoms with Gasteiger partial charge in [0.05, 0.1) is 6.61 Å². The van der Waals surface area contributed by atoms with Crippen LogP contribution in [0.25, 0.3) is 0 Å². The molecule has 24 heavy (non-hydrogen) atoms. The van der Waals surface area contributed by atoms with Crippen LogP contribution in [0.3, 0.4) is 0 Å². The third kappa shape index (κ3) is 2.57. The lowest BCUT2D eigenvalue weighted by Crippen LogP contribution is -2.58. The molecule has 2 heterocycles. The standard InChI is InChI=1S/C19H18N2O3/c22-17-12-20(11-14-7-3-1-4-8-14)18(23)16-13-24-19(21(16)17)15-9-5-2-6-10-15/h1-10,16,19H,11-13H2/t16-,19+/m0/s1. The van der Waals surface area contributed by atoms with Crippen molar-refractivity contribution in [1.82, 2.24) is 9.80 Å². The van der Waals surface area contributed by atoms with E-state index < -0.39 is 12.3 Å². The number of fused-ring (bicyclic) bond motifs is 1. The van der Waals surface area contributed by atoms with Crippen molar-refractivity contribution < 1.29 is 14.3 Å². The lowest BCUT2D eigenvalue weighted by molar-refractivity contribution is -0.157. The number of ether oxygens (including phenoxy) is 1. The first-order valence-corrected chi connectivity index (χ1v) is 8.04. The summed E-state index contributed by atoms with van der Waals surface area (Å²) in [5.74, 6) is -0.112. The molecule has 5 heteroatoms. The molecular weight excluding hydrogens is 304 g/mol. The number of hydrogen-bond donors (Lipinski definition) is 0. The Morgan fingerprint density at radius 1 is 0.958 bits per heavy atom. The molecule has 0 N–H and O–H groups in total. The van der Waals surface area contributed by atoms with E-state index in [0.29, 0.717) is 6.54 Å². The summed E-state index contributed by atoms with van der Waals surface area (Å²) in [5, 5.41) is 0. The summed E-state index contributed by atoms with van der Waals surface area (Å²) in [5.41, 5.74) is 1.92. The Balaban J connectivity index is 1.55. The molecule has 5 nitrogen and oxygen atoms in total. The first-order chi connectivity index (χ1) is 11.7. The summed E-state index contributed by atoms with van der Waals surface area (Å²) in [4.78, 5) is 28.7. The third-order valence-corrected chi connectivity index (χ3v) is 4.51. The lowest BCUT2D eigenvalue weighted by Gasteiger charge is -2.37. The molecule has 0 aromatic heterocycles. The molecular formula is C19H18N2O3. The monoisotopic (exact) mass is 322 g/mol. The van der Waals surface area contributed by atoms with Crippen LogP contribution in [-0.4, -0.2) is 40.8 Å². The number of carbonyl (C=O) groups excluding carboxylic acids is 2. The van der Waals surface area contributed by atoms with Crippen LogP contribution >= 0.6 is 0 Å². The van der Waals surface area contributed by atoms with Crippen LogP contribution < -0.4 is 0 Å². The predicted molar refractivity (Wildman–Crippen MR) is 87.6 cm³/mol. The fourth-order valence-electron chi connectivity index (χ4n) is 3.35. The van der Waals surface area contributed by atoms with Crippen LogP contribution in [0.2, 0.25) is 0 Å². The molecule has 2 aromatic carbocycles. The Labute approximate surface area is 140 Å². The summed E-state index contributed by atoms with van der Waals surface area (Å²) in [6, 6.07) is 18.8. The maximum atomic E-state index is 12.8. The zero-order chi connectivity index (χ0) is 16.5. The summed E-state index contributed by atoms with van der Waals surface area (Å²) in [6.07, 6.45) is -0.466. The van der Waals surface area contributed by atoms with Crippen molar-refractivity contribution in [1.29, 1.82) is 0 Å². The second-order valence-corrected chi connectivity index (χ2v) is 6.09. The van der Waals surface area contributed by atoms with Crippen molar-refractivity contribution in [3.8, 4) is 0 Å². The van der Waals surface area contributed by atoms with E-state index in [1.165, 1.54) is 0 Å². The van der Waals surface area contributed by atoms with Crippen molar-refractivity contribution in [3.05, 3.63) is 71.8 Å². The smallest absolute Gasteiger partial charge is 0.248 e. The molecule has 4 rings (SSSR count). The molecule has 0 saturated carbocycles. The van der Waals surface area contributed by atoms with Crippen molar-refractivity contribution in [2.24, 2.45) is 0 Å². The number of benzene rings is 2. The van der Waals surface area contributed by atoms with Gasteiger partial charge < -0.3 is 9.64 Å². The normalized spacial score (nSPS) is 23.5. The number of piperazine rings is 1. The third-order valence-electron chi connectivity index (χ3n) is 4.51. The van der Waals surface area contributed by atoms with Gasteiger partial charge in [0.2, 0.25) is 11.8 Å². The summed E-state index contributed by atoms with van der Waals surface area (Å²) >= 11 is 0. The molecule has 122 valence electrons. The number of hydrogen-bond acceptors (Lipinski definition) is 3. The van der Waals surface area contributed by atoms with Gasteiger partial charge in [-0.15, -0.1) is 0 Å². The molecule has 2 aliphatic heterocycles. The summed E-state index contributed by atoms with van der Waals surface area (Å²) in [6.45, 7) is 0.790. The highest BCUT2D eigenvalue weighted by molar-refractivity contribution is 5.95. The fraction of sp³-hybridized carbons (Fsp3) is 0.263. The Morgan fingerprint density at radius 2 is 1.62 bits per heavy atom. The number of nitrogens with zero attached hydrogens (tertiary/aromatic N) is 2. The quantitative estimate of drug-likeness (QED) is 0.868. The van der Waals surface area contributed by atoms with Gasteiger partial charge in [0.25, 0.3) is 0 Å². The van der Waals surface area contributed by atoms with Crippen molar-refractivity contribution >= 4 is 11.8 Å². The van der Waals surface area contributed by atoms with E-state index in [-0.39, 0.29) is 25.0 Å². The largest absolute Gasteiger partial charge is 0.351 e. The minimum absolute atomic E-state index is 0.0446. The van der Waals surface area contributed by atoms with Gasteiger partial charge in [-0.2, -0.15) is 0 Å². The molecule has 0 bridgehead atoms. The lowest BCUT2D eigenvalue weighted by atomic mass is 10.1. The van der Waals surface area contributed by atoms with E-state index in [4.69, 9.17) is 4.74 Å². The second kappa shape index (κ2) is 6.09. The van der Waals surface area contributed by atoms with Crippen LogP contribution in [-0.2, 0) is 20.9 Å². The highest BCUT2D eigenvalue weighted by Crippen LogP contribution is 2.34. The predicted octanol–water partition coefficient (Wildman–Crippen LogP) is 1.95. The maximum Gasteiger partial charge on any atom is 0.248 e. The highest BCUT2D eigenvalue weighted by Gasteiger charge is 2.48. The molecule has 0 aliphatic carbocycles. The van der Waals surface area contributed by atoms with Crippen LogP contribution in [0.5, 0.6) is 0 Å². The molecule has 0 unspecified atom stereocenters.